The van der Waals surface area contributed by atoms with Crippen LogP contribution < -0.4 is 16.6 Å². The number of ether oxygens (including phenoxy) is 1. The molecule has 2 aromatic carbocycles. The summed E-state index contributed by atoms with van der Waals surface area (Å²) in [6.07, 6.45) is 0.468. The van der Waals surface area contributed by atoms with Crippen molar-refractivity contribution >= 4 is 45.0 Å². The van der Waals surface area contributed by atoms with Crippen LogP contribution in [0.1, 0.15) is 27.7 Å². The van der Waals surface area contributed by atoms with Crippen LogP contribution in [0.4, 0.5) is 5.69 Å². The zero-order chi connectivity index (χ0) is 27.0. The zero-order valence-electron chi connectivity index (χ0n) is 20.7. The standard InChI is InChI=1S/C27H24N4O6S/c1-16(32)29-13-12-19-21(14-29)38-25-23(19)24(34)31(17-8-4-3-5-9-17)27(36)30(25)15-22(33)28-20-11-7-6-10-18(20)26(35)37-2/h3-11H,12-15H2,1-2H3,(H,28,33). The molecule has 1 aliphatic rings. The Morgan fingerprint density at radius 3 is 2.45 bits per heavy atom. The first-order valence-electron chi connectivity index (χ1n) is 11.9. The van der Waals surface area contributed by atoms with Crippen molar-refractivity contribution in [3.05, 3.63) is 91.4 Å². The number of nitrogens with one attached hydrogen (secondary N) is 1. The third-order valence-corrected chi connectivity index (χ3v) is 7.73. The molecule has 0 atom stereocenters. The van der Waals surface area contributed by atoms with Crippen LogP contribution in [0.25, 0.3) is 15.9 Å². The molecular formula is C27H24N4O6S. The normalized spacial score (nSPS) is 12.7. The topological polar surface area (TPSA) is 120 Å². The monoisotopic (exact) mass is 532 g/mol. The third-order valence-electron chi connectivity index (χ3n) is 6.49. The van der Waals surface area contributed by atoms with E-state index in [0.717, 1.165) is 15.0 Å². The van der Waals surface area contributed by atoms with Crippen LogP contribution in [0.2, 0.25) is 0 Å². The minimum atomic E-state index is -0.660. The summed E-state index contributed by atoms with van der Waals surface area (Å²) in [6, 6.07) is 14.9. The number of thiophene rings is 1. The molecule has 0 aliphatic carbocycles. The van der Waals surface area contributed by atoms with E-state index in [1.165, 1.54) is 36.0 Å². The number of fused-ring (bicyclic) bond motifs is 3. The van der Waals surface area contributed by atoms with Crippen molar-refractivity contribution in [3.8, 4) is 5.69 Å². The van der Waals surface area contributed by atoms with Crippen molar-refractivity contribution in [2.24, 2.45) is 0 Å². The van der Waals surface area contributed by atoms with Crippen LogP contribution in [0.5, 0.6) is 0 Å². The highest BCUT2D eigenvalue weighted by Gasteiger charge is 2.28. The predicted molar refractivity (Wildman–Crippen MR) is 143 cm³/mol. The van der Waals surface area contributed by atoms with Crippen LogP contribution in [-0.4, -0.2) is 45.5 Å². The molecule has 194 valence electrons. The number of rotatable bonds is 5. The van der Waals surface area contributed by atoms with Gasteiger partial charge in [0.25, 0.3) is 5.56 Å². The molecule has 10 nitrogen and oxygen atoms in total. The van der Waals surface area contributed by atoms with Gasteiger partial charge in [0.2, 0.25) is 11.8 Å². The predicted octanol–water partition coefficient (Wildman–Crippen LogP) is 2.54. The second-order valence-corrected chi connectivity index (χ2v) is 9.89. The molecule has 0 spiro atoms. The van der Waals surface area contributed by atoms with E-state index in [0.29, 0.717) is 35.4 Å². The van der Waals surface area contributed by atoms with Crippen LogP contribution in [0, 0.1) is 0 Å². The van der Waals surface area contributed by atoms with Crippen LogP contribution in [0.3, 0.4) is 0 Å². The second-order valence-electron chi connectivity index (χ2n) is 8.80. The Bertz CT molecular complexity index is 1700. The smallest absolute Gasteiger partial charge is 0.339 e. The van der Waals surface area contributed by atoms with E-state index in [1.54, 1.807) is 53.4 Å². The second kappa shape index (κ2) is 10.1. The number of carbonyl (C=O) groups excluding carboxylic acids is 3. The van der Waals surface area contributed by atoms with E-state index in [9.17, 15) is 24.0 Å². The van der Waals surface area contributed by atoms with Crippen LogP contribution in [0.15, 0.2) is 64.2 Å². The number of para-hydroxylation sites is 2. The third kappa shape index (κ3) is 4.41. The molecule has 11 heteroatoms. The number of carbonyl (C=O) groups is 3. The first-order valence-corrected chi connectivity index (χ1v) is 12.7. The first kappa shape index (κ1) is 25.2. The minimum Gasteiger partial charge on any atom is -0.465 e. The lowest BCUT2D eigenvalue weighted by molar-refractivity contribution is -0.129. The van der Waals surface area contributed by atoms with E-state index in [-0.39, 0.29) is 17.2 Å². The molecule has 0 unspecified atom stereocenters. The van der Waals surface area contributed by atoms with Gasteiger partial charge in [0, 0.05) is 18.3 Å². The van der Waals surface area contributed by atoms with E-state index in [4.69, 9.17) is 4.74 Å². The highest BCUT2D eigenvalue weighted by Crippen LogP contribution is 2.33. The Hall–Kier alpha value is -4.51. The van der Waals surface area contributed by atoms with Crippen molar-refractivity contribution in [3.63, 3.8) is 0 Å². The Morgan fingerprint density at radius 2 is 1.74 bits per heavy atom. The number of benzene rings is 2. The Balaban J connectivity index is 1.64. The number of nitrogens with zero attached hydrogens (tertiary/aromatic N) is 3. The number of amides is 2. The fourth-order valence-electron chi connectivity index (χ4n) is 4.63. The largest absolute Gasteiger partial charge is 0.465 e. The molecule has 1 aliphatic heterocycles. The minimum absolute atomic E-state index is 0.0733. The molecule has 2 amide bonds. The summed E-state index contributed by atoms with van der Waals surface area (Å²) in [4.78, 5) is 67.6. The number of methoxy groups -OCH3 is 1. The molecule has 5 rings (SSSR count). The number of hydrogen-bond donors (Lipinski definition) is 1. The Labute approximate surface area is 220 Å². The summed E-state index contributed by atoms with van der Waals surface area (Å²) >= 11 is 1.24. The highest BCUT2D eigenvalue weighted by atomic mass is 32.1. The van der Waals surface area contributed by atoms with E-state index < -0.39 is 29.7 Å². The molecule has 1 N–H and O–H groups in total. The van der Waals surface area contributed by atoms with Gasteiger partial charge in [-0.3, -0.25) is 19.0 Å². The van der Waals surface area contributed by atoms with Crippen LogP contribution >= 0.6 is 11.3 Å². The highest BCUT2D eigenvalue weighted by molar-refractivity contribution is 7.18. The fourth-order valence-corrected chi connectivity index (χ4v) is 5.98. The average molecular weight is 533 g/mol. The van der Waals surface area contributed by atoms with Gasteiger partial charge < -0.3 is 15.0 Å². The Kier molecular flexibility index (Phi) is 6.68. The van der Waals surface area contributed by atoms with Gasteiger partial charge >= 0.3 is 11.7 Å². The zero-order valence-corrected chi connectivity index (χ0v) is 21.5. The molecule has 2 aromatic heterocycles. The number of anilines is 1. The van der Waals surface area contributed by atoms with Crippen molar-refractivity contribution in [1.29, 1.82) is 0 Å². The molecule has 4 aromatic rings. The molecular weight excluding hydrogens is 508 g/mol. The van der Waals surface area contributed by atoms with Crippen molar-refractivity contribution in [2.45, 2.75) is 26.4 Å². The van der Waals surface area contributed by atoms with E-state index in [2.05, 4.69) is 5.32 Å². The summed E-state index contributed by atoms with van der Waals surface area (Å²) in [6.45, 7) is 1.89. The van der Waals surface area contributed by atoms with Gasteiger partial charge in [0.1, 0.15) is 11.4 Å². The number of aromatic nitrogens is 2. The van der Waals surface area contributed by atoms with Crippen molar-refractivity contribution in [1.82, 2.24) is 14.0 Å². The lowest BCUT2D eigenvalue weighted by Crippen LogP contribution is -2.41. The quantitative estimate of drug-likeness (QED) is 0.395. The maximum atomic E-state index is 13.7. The van der Waals surface area contributed by atoms with Gasteiger partial charge in [0.05, 0.1) is 36.0 Å². The van der Waals surface area contributed by atoms with Gasteiger partial charge in [-0.1, -0.05) is 30.3 Å². The summed E-state index contributed by atoms with van der Waals surface area (Å²) in [5.41, 5.74) is 0.474. The first-order chi connectivity index (χ1) is 18.3. The van der Waals surface area contributed by atoms with Crippen molar-refractivity contribution in [2.75, 3.05) is 19.0 Å². The molecule has 0 saturated carbocycles. The van der Waals surface area contributed by atoms with E-state index >= 15 is 0 Å². The lowest BCUT2D eigenvalue weighted by atomic mass is 10.1. The number of esters is 1. The van der Waals surface area contributed by atoms with E-state index in [1.807, 2.05) is 0 Å². The average Bonchev–Trinajstić information content (AvgIpc) is 3.30. The summed E-state index contributed by atoms with van der Waals surface area (Å²) in [5.74, 6) is -1.24. The summed E-state index contributed by atoms with van der Waals surface area (Å²) in [5, 5.41) is 3.06. The molecule has 38 heavy (non-hydrogen) atoms. The van der Waals surface area contributed by atoms with Crippen molar-refractivity contribution < 1.29 is 19.1 Å². The lowest BCUT2D eigenvalue weighted by Gasteiger charge is -2.25. The van der Waals surface area contributed by atoms with Gasteiger partial charge in [-0.2, -0.15) is 0 Å². The maximum Gasteiger partial charge on any atom is 0.339 e. The van der Waals surface area contributed by atoms with Gasteiger partial charge in [0.15, 0.2) is 0 Å². The van der Waals surface area contributed by atoms with Gasteiger partial charge in [-0.25, -0.2) is 14.2 Å². The van der Waals surface area contributed by atoms with Gasteiger partial charge in [-0.05, 0) is 36.2 Å². The molecule has 0 fully saturated rings. The molecule has 0 saturated heterocycles. The number of hydrogen-bond acceptors (Lipinski definition) is 7. The molecule has 0 radical (unpaired) electrons. The molecule has 0 bridgehead atoms. The molecule has 3 heterocycles. The fraction of sp³-hybridized carbons (Fsp3) is 0.222. The summed E-state index contributed by atoms with van der Waals surface area (Å²) < 4.78 is 7.14. The van der Waals surface area contributed by atoms with Gasteiger partial charge in [-0.15, -0.1) is 11.3 Å². The maximum absolute atomic E-state index is 13.7. The van der Waals surface area contributed by atoms with Crippen LogP contribution in [-0.2, 0) is 33.8 Å². The summed E-state index contributed by atoms with van der Waals surface area (Å²) in [7, 11) is 1.25. The SMILES string of the molecule is COC(=O)c1ccccc1NC(=O)Cn1c(=O)n(-c2ccccc2)c(=O)c2c3c(sc21)CN(C(C)=O)CC3. The Morgan fingerprint density at radius 1 is 1.03 bits per heavy atom.